The van der Waals surface area contributed by atoms with Crippen LogP contribution >= 0.6 is 11.3 Å². The molecule has 0 spiro atoms. The Morgan fingerprint density at radius 3 is 2.40 bits per heavy atom. The van der Waals surface area contributed by atoms with Gasteiger partial charge in [-0.3, -0.25) is 0 Å². The highest BCUT2D eigenvalue weighted by atomic mass is 32.2. The lowest BCUT2D eigenvalue weighted by Crippen LogP contribution is -2.26. The van der Waals surface area contributed by atoms with Crippen molar-refractivity contribution in [1.29, 1.82) is 0 Å². The van der Waals surface area contributed by atoms with Gasteiger partial charge in [-0.05, 0) is 31.5 Å². The van der Waals surface area contributed by atoms with Crippen LogP contribution in [0.2, 0.25) is 0 Å². The summed E-state index contributed by atoms with van der Waals surface area (Å²) in [6.07, 6.45) is 1.02. The first-order valence-electron chi connectivity index (χ1n) is 6.10. The Morgan fingerprint density at radius 2 is 1.90 bits per heavy atom. The van der Waals surface area contributed by atoms with Crippen LogP contribution in [0.15, 0.2) is 40.7 Å². The molecule has 2 unspecified atom stereocenters. The number of nitrogens with one attached hydrogen (secondary N) is 1. The molecule has 0 aliphatic carbocycles. The second kappa shape index (κ2) is 6.01. The molecule has 7 heteroatoms. The SMILES string of the molecule is CC(O)c1ccc(S(=O)(=O)NC(C)c2nccs2)cc1. The average molecular weight is 312 g/mol. The van der Waals surface area contributed by atoms with Crippen molar-refractivity contribution < 1.29 is 13.5 Å². The number of hydrogen-bond acceptors (Lipinski definition) is 5. The summed E-state index contributed by atoms with van der Waals surface area (Å²) in [4.78, 5) is 4.26. The number of aliphatic hydroxyl groups excluding tert-OH is 1. The summed E-state index contributed by atoms with van der Waals surface area (Å²) in [6.45, 7) is 3.38. The molecule has 0 amide bonds. The van der Waals surface area contributed by atoms with Gasteiger partial charge in [-0.25, -0.2) is 18.1 Å². The van der Waals surface area contributed by atoms with Crippen molar-refractivity contribution in [2.24, 2.45) is 0 Å². The molecular weight excluding hydrogens is 296 g/mol. The van der Waals surface area contributed by atoms with Crippen LogP contribution in [-0.4, -0.2) is 18.5 Å². The number of aliphatic hydroxyl groups is 1. The lowest BCUT2D eigenvalue weighted by Gasteiger charge is -2.12. The maximum atomic E-state index is 12.2. The molecular formula is C13H16N2O3S2. The predicted octanol–water partition coefficient (Wildman–Crippen LogP) is 2.24. The standard InChI is InChI=1S/C13H16N2O3S2/c1-9(13-14-7-8-19-13)15-20(17,18)12-5-3-11(4-6-12)10(2)16/h3-10,15-16H,1-2H3. The molecule has 1 aromatic heterocycles. The summed E-state index contributed by atoms with van der Waals surface area (Å²) in [6, 6.07) is 5.80. The van der Waals surface area contributed by atoms with E-state index < -0.39 is 16.1 Å². The minimum atomic E-state index is -3.59. The Kier molecular flexibility index (Phi) is 4.54. The molecule has 2 atom stereocenters. The van der Waals surface area contributed by atoms with Gasteiger partial charge >= 0.3 is 0 Å². The summed E-state index contributed by atoms with van der Waals surface area (Å²) in [5, 5.41) is 11.9. The quantitative estimate of drug-likeness (QED) is 0.887. The van der Waals surface area contributed by atoms with Crippen LogP contribution < -0.4 is 4.72 Å². The largest absolute Gasteiger partial charge is 0.389 e. The summed E-state index contributed by atoms with van der Waals surface area (Å²) < 4.78 is 27.0. The van der Waals surface area contributed by atoms with Crippen molar-refractivity contribution in [3.8, 4) is 0 Å². The zero-order valence-electron chi connectivity index (χ0n) is 11.1. The Morgan fingerprint density at radius 1 is 1.25 bits per heavy atom. The fraction of sp³-hybridized carbons (Fsp3) is 0.308. The first-order valence-corrected chi connectivity index (χ1v) is 8.46. The van der Waals surface area contributed by atoms with Crippen LogP contribution in [0.25, 0.3) is 0 Å². The van der Waals surface area contributed by atoms with Gasteiger partial charge in [0.15, 0.2) is 0 Å². The predicted molar refractivity (Wildman–Crippen MR) is 77.9 cm³/mol. The number of rotatable bonds is 5. The highest BCUT2D eigenvalue weighted by Gasteiger charge is 2.19. The molecule has 5 nitrogen and oxygen atoms in total. The molecule has 0 saturated heterocycles. The van der Waals surface area contributed by atoms with Gasteiger partial charge < -0.3 is 5.11 Å². The third-order valence-corrected chi connectivity index (χ3v) is 5.34. The molecule has 2 rings (SSSR count). The van der Waals surface area contributed by atoms with Gasteiger partial charge in [0.1, 0.15) is 5.01 Å². The first kappa shape index (κ1) is 15.1. The zero-order valence-corrected chi connectivity index (χ0v) is 12.8. The van der Waals surface area contributed by atoms with Gasteiger partial charge in [-0.15, -0.1) is 11.3 Å². The van der Waals surface area contributed by atoms with Crippen LogP contribution in [0.4, 0.5) is 0 Å². The van der Waals surface area contributed by atoms with E-state index in [2.05, 4.69) is 9.71 Å². The molecule has 108 valence electrons. The number of nitrogens with zero attached hydrogens (tertiary/aromatic N) is 1. The molecule has 0 bridgehead atoms. The summed E-state index contributed by atoms with van der Waals surface area (Å²) >= 11 is 1.40. The lowest BCUT2D eigenvalue weighted by molar-refractivity contribution is 0.199. The number of sulfonamides is 1. The molecule has 2 N–H and O–H groups in total. The van der Waals surface area contributed by atoms with E-state index >= 15 is 0 Å². The van der Waals surface area contributed by atoms with E-state index in [1.54, 1.807) is 37.6 Å². The third kappa shape index (κ3) is 3.43. The van der Waals surface area contributed by atoms with Gasteiger partial charge in [0, 0.05) is 11.6 Å². The molecule has 0 aliphatic rings. The van der Waals surface area contributed by atoms with Crippen molar-refractivity contribution in [3.63, 3.8) is 0 Å². The Hall–Kier alpha value is -1.28. The maximum absolute atomic E-state index is 12.2. The van der Waals surface area contributed by atoms with Crippen LogP contribution in [0.3, 0.4) is 0 Å². The normalized spacial score (nSPS) is 14.9. The van der Waals surface area contributed by atoms with Crippen molar-refractivity contribution >= 4 is 21.4 Å². The summed E-state index contributed by atoms with van der Waals surface area (Å²) in [5.74, 6) is 0. The molecule has 0 saturated carbocycles. The van der Waals surface area contributed by atoms with Gasteiger partial charge in [0.25, 0.3) is 0 Å². The molecule has 1 aromatic carbocycles. The minimum absolute atomic E-state index is 0.172. The van der Waals surface area contributed by atoms with E-state index in [0.717, 1.165) is 0 Å². The van der Waals surface area contributed by atoms with Crippen LogP contribution in [0.5, 0.6) is 0 Å². The van der Waals surface area contributed by atoms with E-state index in [4.69, 9.17) is 0 Å². The van der Waals surface area contributed by atoms with Crippen molar-refractivity contribution in [2.75, 3.05) is 0 Å². The van der Waals surface area contributed by atoms with E-state index in [1.165, 1.54) is 23.5 Å². The maximum Gasteiger partial charge on any atom is 0.241 e. The lowest BCUT2D eigenvalue weighted by atomic mass is 10.1. The highest BCUT2D eigenvalue weighted by molar-refractivity contribution is 7.89. The fourth-order valence-electron chi connectivity index (χ4n) is 1.72. The number of benzene rings is 1. The van der Waals surface area contributed by atoms with Gasteiger partial charge in [0.05, 0.1) is 17.0 Å². The van der Waals surface area contributed by atoms with Crippen LogP contribution in [0.1, 0.15) is 36.6 Å². The summed E-state index contributed by atoms with van der Waals surface area (Å²) in [5.41, 5.74) is 0.678. The van der Waals surface area contributed by atoms with Crippen molar-refractivity contribution in [2.45, 2.75) is 30.9 Å². The monoisotopic (exact) mass is 312 g/mol. The number of aromatic nitrogens is 1. The first-order chi connectivity index (χ1) is 9.40. The van der Waals surface area contributed by atoms with E-state index in [0.29, 0.717) is 10.6 Å². The van der Waals surface area contributed by atoms with Crippen molar-refractivity contribution in [3.05, 3.63) is 46.4 Å². The molecule has 2 aromatic rings. The van der Waals surface area contributed by atoms with E-state index in [-0.39, 0.29) is 10.9 Å². The third-order valence-electron chi connectivity index (χ3n) is 2.83. The Labute approximate surface area is 122 Å². The Bertz CT molecular complexity index is 649. The van der Waals surface area contributed by atoms with Gasteiger partial charge in [-0.2, -0.15) is 0 Å². The Balaban J connectivity index is 2.18. The minimum Gasteiger partial charge on any atom is -0.389 e. The molecule has 1 heterocycles. The molecule has 0 radical (unpaired) electrons. The second-order valence-corrected chi connectivity index (χ2v) is 7.10. The number of thiazole rings is 1. The second-order valence-electron chi connectivity index (χ2n) is 4.46. The highest BCUT2D eigenvalue weighted by Crippen LogP contribution is 2.20. The molecule has 0 aliphatic heterocycles. The van der Waals surface area contributed by atoms with Crippen molar-refractivity contribution in [1.82, 2.24) is 9.71 Å². The van der Waals surface area contributed by atoms with E-state index in [1.807, 2.05) is 0 Å². The zero-order chi connectivity index (χ0) is 14.8. The van der Waals surface area contributed by atoms with Crippen LogP contribution in [0, 0.1) is 0 Å². The van der Waals surface area contributed by atoms with Gasteiger partial charge in [0.2, 0.25) is 10.0 Å². The summed E-state index contributed by atoms with van der Waals surface area (Å²) in [7, 11) is -3.59. The molecule has 20 heavy (non-hydrogen) atoms. The number of hydrogen-bond donors (Lipinski definition) is 2. The fourth-order valence-corrected chi connectivity index (χ4v) is 3.65. The van der Waals surface area contributed by atoms with Gasteiger partial charge in [-0.1, -0.05) is 12.1 Å². The van der Waals surface area contributed by atoms with E-state index in [9.17, 15) is 13.5 Å². The topological polar surface area (TPSA) is 79.3 Å². The van der Waals surface area contributed by atoms with Crippen LogP contribution in [-0.2, 0) is 10.0 Å². The average Bonchev–Trinajstić information content (AvgIpc) is 2.92. The molecule has 0 fully saturated rings. The smallest absolute Gasteiger partial charge is 0.241 e.